The smallest absolute Gasteiger partial charge is 0.347 e. The Labute approximate surface area is 231 Å². The number of carbonyl (C=O) groups excluding carboxylic acids is 1. The van der Waals surface area contributed by atoms with E-state index >= 15 is 0 Å². The number of hydrogen-bond acceptors (Lipinski definition) is 8. The molecule has 7 nitrogen and oxygen atoms in total. The molecule has 6 rings (SSSR count). The van der Waals surface area contributed by atoms with Crippen LogP contribution >= 0.6 is 22.7 Å². The summed E-state index contributed by atoms with van der Waals surface area (Å²) in [4.78, 5) is 35.7. The first kappa shape index (κ1) is 26.2. The molecule has 4 aromatic heterocycles. The highest BCUT2D eigenvalue weighted by atomic mass is 32.1. The number of rotatable bonds is 2. The number of thiophene rings is 2. The van der Waals surface area contributed by atoms with E-state index in [1.165, 1.54) is 11.3 Å². The van der Waals surface area contributed by atoms with Crippen molar-refractivity contribution in [1.82, 2.24) is 0 Å². The monoisotopic (exact) mass is 556 g/mol. The molecule has 0 atom stereocenters. The Morgan fingerprint density at radius 1 is 0.769 bits per heavy atom. The van der Waals surface area contributed by atoms with E-state index in [-0.39, 0.29) is 11.2 Å². The average Bonchev–Trinajstić information content (AvgIpc) is 3.49. The standard InChI is InChI=1S/C15H9NO3S.C15H15NO2S/c1-2-5-12(17)16-14-13-10(8-20-14)9-6-3-4-7-11(9)19-15(13)18;1-15(2,3)16-13-12-10(8-19-13)9-6-4-5-7-11(9)18-14(12)17/h3-4,6-8H,1H3,(H,16,17);4-8,16H,1-3H3. The van der Waals surface area contributed by atoms with Crippen LogP contribution in [0.3, 0.4) is 0 Å². The van der Waals surface area contributed by atoms with Crippen LogP contribution < -0.4 is 21.9 Å². The van der Waals surface area contributed by atoms with Gasteiger partial charge in [0.1, 0.15) is 31.9 Å². The van der Waals surface area contributed by atoms with E-state index < -0.39 is 11.5 Å². The summed E-state index contributed by atoms with van der Waals surface area (Å²) >= 11 is 2.83. The lowest BCUT2D eigenvalue weighted by Crippen LogP contribution is -2.26. The molecular formula is C30H24N2O5S2. The Balaban J connectivity index is 0.000000158. The van der Waals surface area contributed by atoms with E-state index in [0.717, 1.165) is 26.5 Å². The Kier molecular flexibility index (Phi) is 7.00. The van der Waals surface area contributed by atoms with Crippen LogP contribution in [-0.2, 0) is 4.79 Å². The van der Waals surface area contributed by atoms with Gasteiger partial charge in [-0.15, -0.1) is 22.7 Å². The van der Waals surface area contributed by atoms with Crippen molar-refractivity contribution < 1.29 is 13.6 Å². The van der Waals surface area contributed by atoms with Gasteiger partial charge in [0.05, 0.1) is 0 Å². The highest BCUT2D eigenvalue weighted by Crippen LogP contribution is 2.35. The number of hydrogen-bond donors (Lipinski definition) is 2. The van der Waals surface area contributed by atoms with Gasteiger partial charge < -0.3 is 19.5 Å². The summed E-state index contributed by atoms with van der Waals surface area (Å²) in [5.41, 5.74) is 0.353. The predicted octanol–water partition coefficient (Wildman–Crippen LogP) is 7.19. The van der Waals surface area contributed by atoms with Gasteiger partial charge >= 0.3 is 17.2 Å². The number of carbonyl (C=O) groups is 1. The van der Waals surface area contributed by atoms with Crippen molar-refractivity contribution in [2.24, 2.45) is 0 Å². The SMILES string of the molecule is CC#CC(=O)Nc1scc2c1c(=O)oc1ccccc12.CC(C)(C)Nc1scc2c1c(=O)oc1ccccc12. The molecule has 0 saturated carbocycles. The molecule has 2 aromatic carbocycles. The topological polar surface area (TPSA) is 102 Å². The molecule has 0 spiro atoms. The average molecular weight is 557 g/mol. The number of para-hydroxylation sites is 2. The molecule has 0 unspecified atom stereocenters. The molecule has 39 heavy (non-hydrogen) atoms. The normalized spacial score (nSPS) is 11.2. The van der Waals surface area contributed by atoms with Crippen molar-refractivity contribution in [1.29, 1.82) is 0 Å². The van der Waals surface area contributed by atoms with Crippen molar-refractivity contribution in [3.05, 3.63) is 80.1 Å². The van der Waals surface area contributed by atoms with Gasteiger partial charge in [-0.25, -0.2) is 9.59 Å². The molecule has 196 valence electrons. The second-order valence-electron chi connectivity index (χ2n) is 9.68. The van der Waals surface area contributed by atoms with Crippen LogP contribution in [-0.4, -0.2) is 11.4 Å². The van der Waals surface area contributed by atoms with E-state index in [0.29, 0.717) is 26.9 Å². The van der Waals surface area contributed by atoms with Gasteiger partial charge in [0.25, 0.3) is 0 Å². The fourth-order valence-corrected chi connectivity index (χ4v) is 6.25. The molecule has 0 bridgehead atoms. The zero-order chi connectivity index (χ0) is 27.7. The maximum atomic E-state index is 12.2. The number of benzene rings is 2. The molecule has 0 aliphatic rings. The van der Waals surface area contributed by atoms with Crippen LogP contribution in [0, 0.1) is 11.8 Å². The maximum absolute atomic E-state index is 12.2. The van der Waals surface area contributed by atoms with E-state index in [4.69, 9.17) is 8.83 Å². The lowest BCUT2D eigenvalue weighted by atomic mass is 10.1. The second-order valence-corrected chi connectivity index (χ2v) is 11.4. The van der Waals surface area contributed by atoms with Crippen molar-refractivity contribution in [3.63, 3.8) is 0 Å². The van der Waals surface area contributed by atoms with Gasteiger partial charge in [0, 0.05) is 37.8 Å². The van der Waals surface area contributed by atoms with Crippen LogP contribution in [0.15, 0.2) is 77.7 Å². The van der Waals surface area contributed by atoms with E-state index in [1.807, 2.05) is 53.2 Å². The predicted molar refractivity (Wildman–Crippen MR) is 161 cm³/mol. The van der Waals surface area contributed by atoms with Gasteiger partial charge in [-0.3, -0.25) is 4.79 Å². The number of fused-ring (bicyclic) bond motifs is 6. The molecular weight excluding hydrogens is 532 g/mol. The lowest BCUT2D eigenvalue weighted by Gasteiger charge is -2.20. The minimum Gasteiger partial charge on any atom is -0.422 e. The molecule has 1 amide bonds. The largest absolute Gasteiger partial charge is 0.422 e. The maximum Gasteiger partial charge on any atom is 0.347 e. The summed E-state index contributed by atoms with van der Waals surface area (Å²) in [7, 11) is 0. The van der Waals surface area contributed by atoms with Gasteiger partial charge in [-0.1, -0.05) is 42.3 Å². The molecule has 0 saturated heterocycles. The summed E-state index contributed by atoms with van der Waals surface area (Å²) in [6, 6.07) is 14.9. The lowest BCUT2D eigenvalue weighted by molar-refractivity contribution is -0.111. The Morgan fingerprint density at radius 2 is 1.26 bits per heavy atom. The summed E-state index contributed by atoms with van der Waals surface area (Å²) in [6.07, 6.45) is 0. The van der Waals surface area contributed by atoms with Crippen LogP contribution in [0.4, 0.5) is 10.0 Å². The van der Waals surface area contributed by atoms with Gasteiger partial charge in [0.15, 0.2) is 0 Å². The van der Waals surface area contributed by atoms with Crippen molar-refractivity contribution in [3.8, 4) is 11.8 Å². The van der Waals surface area contributed by atoms with Crippen molar-refractivity contribution >= 4 is 82.1 Å². The Hall–Kier alpha value is -4.39. The zero-order valence-electron chi connectivity index (χ0n) is 21.6. The first-order valence-corrected chi connectivity index (χ1v) is 13.8. The third-order valence-electron chi connectivity index (χ3n) is 5.70. The van der Waals surface area contributed by atoms with Crippen molar-refractivity contribution in [2.45, 2.75) is 33.2 Å². The summed E-state index contributed by atoms with van der Waals surface area (Å²) in [6.45, 7) is 7.79. The second kappa shape index (κ2) is 10.4. The third kappa shape index (κ3) is 5.30. The molecule has 9 heteroatoms. The third-order valence-corrected chi connectivity index (χ3v) is 7.50. The number of amides is 1. The minimum absolute atomic E-state index is 0.0874. The molecule has 0 aliphatic carbocycles. The van der Waals surface area contributed by atoms with Gasteiger partial charge in [-0.2, -0.15) is 0 Å². The highest BCUT2D eigenvalue weighted by molar-refractivity contribution is 7.16. The molecule has 0 radical (unpaired) electrons. The molecule has 6 aromatic rings. The minimum atomic E-state index is -0.459. The molecule has 0 fully saturated rings. The number of nitrogens with one attached hydrogen (secondary N) is 2. The van der Waals surface area contributed by atoms with Gasteiger partial charge in [0.2, 0.25) is 0 Å². The fourth-order valence-electron chi connectivity index (χ4n) is 4.15. The summed E-state index contributed by atoms with van der Waals surface area (Å²) in [5, 5.41) is 15.8. The fraction of sp³-hybridized carbons (Fsp3) is 0.167. The van der Waals surface area contributed by atoms with Crippen molar-refractivity contribution in [2.75, 3.05) is 10.6 Å². The first-order chi connectivity index (χ1) is 18.7. The van der Waals surface area contributed by atoms with Crippen LogP contribution in [0.1, 0.15) is 27.7 Å². The van der Waals surface area contributed by atoms with Crippen LogP contribution in [0.2, 0.25) is 0 Å². The summed E-state index contributed by atoms with van der Waals surface area (Å²) < 4.78 is 10.7. The molecule has 0 aliphatic heterocycles. The molecule has 2 N–H and O–H groups in total. The number of anilines is 2. The van der Waals surface area contributed by atoms with E-state index in [9.17, 15) is 14.4 Å². The molecule has 4 heterocycles. The van der Waals surface area contributed by atoms with E-state index in [1.54, 1.807) is 24.3 Å². The first-order valence-electron chi connectivity index (χ1n) is 12.0. The summed E-state index contributed by atoms with van der Waals surface area (Å²) in [5.74, 6) is 4.45. The van der Waals surface area contributed by atoms with Crippen LogP contribution in [0.25, 0.3) is 43.5 Å². The van der Waals surface area contributed by atoms with E-state index in [2.05, 4.69) is 43.2 Å². The Morgan fingerprint density at radius 3 is 1.77 bits per heavy atom. The Bertz CT molecular complexity index is 2050. The van der Waals surface area contributed by atoms with Gasteiger partial charge in [-0.05, 0) is 45.7 Å². The quantitative estimate of drug-likeness (QED) is 0.173. The highest BCUT2D eigenvalue weighted by Gasteiger charge is 2.18. The van der Waals surface area contributed by atoms with Crippen LogP contribution in [0.5, 0.6) is 0 Å². The zero-order valence-corrected chi connectivity index (χ0v) is 23.3.